The van der Waals surface area contributed by atoms with Crippen molar-refractivity contribution in [2.45, 2.75) is 18.9 Å². The molecule has 5 nitrogen and oxygen atoms in total. The first-order valence-corrected chi connectivity index (χ1v) is 10.5. The summed E-state index contributed by atoms with van der Waals surface area (Å²) in [6.07, 6.45) is 5.82. The van der Waals surface area contributed by atoms with Crippen LogP contribution in [-0.2, 0) is 6.42 Å². The Morgan fingerprint density at radius 1 is 1.44 bits per heavy atom. The van der Waals surface area contributed by atoms with Crippen molar-refractivity contribution in [3.63, 3.8) is 0 Å². The van der Waals surface area contributed by atoms with Crippen molar-refractivity contribution < 1.29 is 5.11 Å². The normalized spacial score (nSPS) is 20.1. The quantitative estimate of drug-likeness (QED) is 0.510. The summed E-state index contributed by atoms with van der Waals surface area (Å²) >= 11 is 4.89. The van der Waals surface area contributed by atoms with Gasteiger partial charge in [-0.25, -0.2) is 9.97 Å². The van der Waals surface area contributed by atoms with E-state index in [1.807, 2.05) is 29.0 Å². The Morgan fingerprint density at radius 3 is 3.12 bits per heavy atom. The van der Waals surface area contributed by atoms with Gasteiger partial charge >= 0.3 is 0 Å². The molecule has 1 aliphatic rings. The average molecular weight is 389 g/mol. The van der Waals surface area contributed by atoms with Crippen LogP contribution in [0.3, 0.4) is 0 Å². The van der Waals surface area contributed by atoms with Gasteiger partial charge in [0.1, 0.15) is 6.33 Å². The summed E-state index contributed by atoms with van der Waals surface area (Å²) < 4.78 is 0.969. The van der Waals surface area contributed by atoms with Crippen LogP contribution in [0.2, 0.25) is 0 Å². The number of nitrogens with zero attached hydrogens (tertiary/aromatic N) is 3. The van der Waals surface area contributed by atoms with Gasteiger partial charge in [-0.05, 0) is 35.4 Å². The number of aliphatic hydroxyl groups is 1. The second-order valence-electron chi connectivity index (χ2n) is 5.83. The summed E-state index contributed by atoms with van der Waals surface area (Å²) in [7, 11) is 0. The third-order valence-corrected chi connectivity index (χ3v) is 7.07. The molecule has 4 heterocycles. The molecule has 1 unspecified atom stereocenters. The zero-order valence-electron chi connectivity index (χ0n) is 13.5. The molecule has 0 saturated carbocycles. The maximum atomic E-state index is 10.6. The Morgan fingerprint density at radius 2 is 2.36 bits per heavy atom. The van der Waals surface area contributed by atoms with Gasteiger partial charge in [0.2, 0.25) is 0 Å². The predicted octanol–water partition coefficient (Wildman–Crippen LogP) is 4.04. The van der Waals surface area contributed by atoms with Gasteiger partial charge < -0.3 is 5.11 Å². The maximum absolute atomic E-state index is 10.6. The molecule has 0 amide bonds. The van der Waals surface area contributed by atoms with Gasteiger partial charge in [0, 0.05) is 21.9 Å². The van der Waals surface area contributed by atoms with E-state index in [-0.39, 0.29) is 0 Å². The number of aryl methyl sites for hydroxylation is 1. The van der Waals surface area contributed by atoms with Crippen LogP contribution in [0, 0.1) is 6.92 Å². The Hall–Kier alpha value is -1.74. The van der Waals surface area contributed by atoms with E-state index >= 15 is 0 Å². The highest BCUT2D eigenvalue weighted by Crippen LogP contribution is 2.37. The molecular weight excluding hydrogens is 372 g/mol. The van der Waals surface area contributed by atoms with Crippen molar-refractivity contribution >= 4 is 56.7 Å². The lowest BCUT2D eigenvalue weighted by molar-refractivity contribution is 0.120. The van der Waals surface area contributed by atoms with E-state index in [9.17, 15) is 5.11 Å². The van der Waals surface area contributed by atoms with Crippen LogP contribution in [0.15, 0.2) is 40.4 Å². The minimum atomic E-state index is -0.769. The van der Waals surface area contributed by atoms with Crippen LogP contribution in [0.25, 0.3) is 10.2 Å². The Labute approximate surface area is 157 Å². The average Bonchev–Trinajstić information content (AvgIpc) is 3.32. The van der Waals surface area contributed by atoms with Crippen LogP contribution >= 0.6 is 34.4 Å². The molecule has 25 heavy (non-hydrogen) atoms. The van der Waals surface area contributed by atoms with Gasteiger partial charge in [0.15, 0.2) is 5.82 Å². The number of hydrogen-bond donors (Lipinski definition) is 2. The van der Waals surface area contributed by atoms with Gasteiger partial charge in [-0.3, -0.25) is 5.43 Å². The number of thioether (sulfide) groups is 1. The van der Waals surface area contributed by atoms with Gasteiger partial charge in [0.25, 0.3) is 0 Å². The molecule has 128 valence electrons. The highest BCUT2D eigenvalue weighted by atomic mass is 32.2. The second kappa shape index (κ2) is 6.87. The number of hydrazone groups is 1. The van der Waals surface area contributed by atoms with Crippen LogP contribution < -0.4 is 5.43 Å². The van der Waals surface area contributed by atoms with E-state index in [1.165, 1.54) is 0 Å². The monoisotopic (exact) mass is 388 g/mol. The standard InChI is InChI=1S/C17H16N4OS3/c1-11-13(7-17(22)4-6-23-9-17)25-15-14(11)18-10-19-16(15)21-20-8-12-3-2-5-24-12/h2-6,8,10,22H,7,9H2,1H3,(H,18,19,21). The third kappa shape index (κ3) is 3.48. The number of hydrogen-bond acceptors (Lipinski definition) is 8. The molecular formula is C17H16N4OS3. The van der Waals surface area contributed by atoms with Crippen molar-refractivity contribution in [2.75, 3.05) is 11.2 Å². The van der Waals surface area contributed by atoms with Crippen LogP contribution in [0.4, 0.5) is 5.82 Å². The highest BCUT2D eigenvalue weighted by molar-refractivity contribution is 8.02. The van der Waals surface area contributed by atoms with Crippen LogP contribution in [0.1, 0.15) is 15.3 Å². The summed E-state index contributed by atoms with van der Waals surface area (Å²) in [6.45, 7) is 2.05. The number of rotatable bonds is 5. The molecule has 8 heteroatoms. The summed E-state index contributed by atoms with van der Waals surface area (Å²) in [5.74, 6) is 1.39. The van der Waals surface area contributed by atoms with Gasteiger partial charge in [0.05, 0.1) is 22.0 Å². The lowest BCUT2D eigenvalue weighted by atomic mass is 10.00. The highest BCUT2D eigenvalue weighted by Gasteiger charge is 2.29. The topological polar surface area (TPSA) is 70.4 Å². The number of thiophene rings is 2. The minimum absolute atomic E-state index is 0.598. The molecule has 0 aliphatic carbocycles. The summed E-state index contributed by atoms with van der Waals surface area (Å²) in [4.78, 5) is 11.0. The SMILES string of the molecule is Cc1c(CC2(O)C=CSC2)sc2c(NN=Cc3cccs3)ncnc12. The summed E-state index contributed by atoms with van der Waals surface area (Å²) in [5.41, 5.74) is 4.28. The van der Waals surface area contributed by atoms with E-state index in [0.29, 0.717) is 18.0 Å². The molecule has 0 saturated heterocycles. The van der Waals surface area contributed by atoms with Crippen molar-refractivity contribution in [1.82, 2.24) is 9.97 Å². The Bertz CT molecular complexity index is 948. The molecule has 0 spiro atoms. The van der Waals surface area contributed by atoms with E-state index in [4.69, 9.17) is 0 Å². The molecule has 0 fully saturated rings. The first kappa shape index (κ1) is 16.7. The van der Waals surface area contributed by atoms with Crippen molar-refractivity contribution in [3.05, 3.63) is 50.6 Å². The Kier molecular flexibility index (Phi) is 4.60. The van der Waals surface area contributed by atoms with E-state index in [2.05, 4.69) is 27.4 Å². The fourth-order valence-corrected chi connectivity index (χ4v) is 5.48. The van der Waals surface area contributed by atoms with Crippen molar-refractivity contribution in [1.29, 1.82) is 0 Å². The van der Waals surface area contributed by atoms with Gasteiger partial charge in [-0.2, -0.15) is 5.10 Å². The summed E-state index contributed by atoms with van der Waals surface area (Å²) in [6, 6.07) is 4.00. The zero-order chi connectivity index (χ0) is 17.3. The lowest BCUT2D eigenvalue weighted by Crippen LogP contribution is -2.29. The molecule has 0 radical (unpaired) electrons. The minimum Gasteiger partial charge on any atom is -0.385 e. The van der Waals surface area contributed by atoms with Crippen LogP contribution in [-0.4, -0.2) is 32.6 Å². The first-order chi connectivity index (χ1) is 12.1. The van der Waals surface area contributed by atoms with E-state index < -0.39 is 5.60 Å². The maximum Gasteiger partial charge on any atom is 0.167 e. The van der Waals surface area contributed by atoms with Gasteiger partial charge in [-0.1, -0.05) is 6.07 Å². The fourth-order valence-electron chi connectivity index (χ4n) is 2.64. The summed E-state index contributed by atoms with van der Waals surface area (Å²) in [5, 5.41) is 18.9. The van der Waals surface area contributed by atoms with E-state index in [0.717, 1.165) is 25.5 Å². The van der Waals surface area contributed by atoms with Crippen LogP contribution in [0.5, 0.6) is 0 Å². The lowest BCUT2D eigenvalue weighted by Gasteiger charge is -2.18. The molecule has 1 aliphatic heterocycles. The molecule has 3 aromatic rings. The number of anilines is 1. The molecule has 4 rings (SSSR count). The van der Waals surface area contributed by atoms with Crippen molar-refractivity contribution in [3.8, 4) is 0 Å². The number of fused-ring (bicyclic) bond motifs is 1. The van der Waals surface area contributed by atoms with Gasteiger partial charge in [-0.15, -0.1) is 34.4 Å². The van der Waals surface area contributed by atoms with E-state index in [1.54, 1.807) is 47.0 Å². The van der Waals surface area contributed by atoms with Crippen molar-refractivity contribution in [2.24, 2.45) is 5.10 Å². The molecule has 2 N–H and O–H groups in total. The zero-order valence-corrected chi connectivity index (χ0v) is 15.9. The largest absolute Gasteiger partial charge is 0.385 e. The smallest absolute Gasteiger partial charge is 0.167 e. The first-order valence-electron chi connectivity index (χ1n) is 7.72. The fraction of sp³-hybridized carbons (Fsp3) is 0.235. The third-order valence-electron chi connectivity index (χ3n) is 3.98. The molecule has 0 bridgehead atoms. The number of aromatic nitrogens is 2. The Balaban J connectivity index is 1.62. The molecule has 0 aromatic carbocycles. The number of nitrogens with one attached hydrogen (secondary N) is 1. The molecule has 3 aromatic heterocycles. The molecule has 1 atom stereocenters. The predicted molar refractivity (Wildman–Crippen MR) is 108 cm³/mol. The second-order valence-corrected chi connectivity index (χ2v) is 8.81.